The molecule has 0 unspecified atom stereocenters. The van der Waals surface area contributed by atoms with Crippen LogP contribution in [0.5, 0.6) is 0 Å². The molecule has 5 heteroatoms. The summed E-state index contributed by atoms with van der Waals surface area (Å²) in [6.45, 7) is 3.78. The summed E-state index contributed by atoms with van der Waals surface area (Å²) < 4.78 is 1.09. The van der Waals surface area contributed by atoms with Gasteiger partial charge in [-0.15, -0.1) is 11.3 Å². The zero-order chi connectivity index (χ0) is 14.5. The Hall–Kier alpha value is -1.46. The van der Waals surface area contributed by atoms with Gasteiger partial charge < -0.3 is 0 Å². The van der Waals surface area contributed by atoms with Gasteiger partial charge in [-0.3, -0.25) is 10.1 Å². The van der Waals surface area contributed by atoms with Crippen molar-refractivity contribution in [3.8, 4) is 0 Å². The Bertz CT molecular complexity index is 645. The number of benzene rings is 1. The van der Waals surface area contributed by atoms with Gasteiger partial charge in [0, 0.05) is 28.0 Å². The lowest BCUT2D eigenvalue weighted by Gasteiger charge is -2.01. The molecule has 2 aromatic rings. The Balaban J connectivity index is 2.05. The first-order chi connectivity index (χ1) is 9.54. The summed E-state index contributed by atoms with van der Waals surface area (Å²) in [5.41, 5.74) is 2.17. The summed E-state index contributed by atoms with van der Waals surface area (Å²) in [4.78, 5) is 17.0. The van der Waals surface area contributed by atoms with Crippen molar-refractivity contribution in [1.82, 2.24) is 4.98 Å². The molecule has 0 radical (unpaired) electrons. The lowest BCUT2D eigenvalue weighted by Crippen LogP contribution is -2.07. The number of nitrogens with zero attached hydrogens (tertiary/aromatic N) is 1. The quantitative estimate of drug-likeness (QED) is 0.830. The van der Waals surface area contributed by atoms with Gasteiger partial charge in [0.15, 0.2) is 5.13 Å². The summed E-state index contributed by atoms with van der Waals surface area (Å²) in [6.07, 6.45) is 4.18. The van der Waals surface area contributed by atoms with Crippen LogP contribution < -0.4 is 5.32 Å². The van der Waals surface area contributed by atoms with Crippen molar-refractivity contribution in [2.24, 2.45) is 0 Å². The third-order valence-corrected chi connectivity index (χ3v) is 4.21. The first kappa shape index (κ1) is 14.9. The van der Waals surface area contributed by atoms with Crippen molar-refractivity contribution in [1.29, 1.82) is 0 Å². The molecule has 0 aliphatic carbocycles. The highest BCUT2D eigenvalue weighted by molar-refractivity contribution is 9.10. The number of aromatic nitrogens is 1. The minimum atomic E-state index is -0.133. The highest BCUT2D eigenvalue weighted by Gasteiger charge is 2.07. The third-order valence-electron chi connectivity index (χ3n) is 2.53. The van der Waals surface area contributed by atoms with Crippen LogP contribution in [0.1, 0.15) is 24.3 Å². The number of amides is 1. The molecule has 0 spiro atoms. The molecule has 1 aromatic heterocycles. The highest BCUT2D eigenvalue weighted by Crippen LogP contribution is 2.24. The normalized spacial score (nSPS) is 10.2. The molecule has 2 rings (SSSR count). The Kier molecular flexibility index (Phi) is 5.09. The minimum Gasteiger partial charge on any atom is -0.298 e. The Morgan fingerprint density at radius 1 is 1.40 bits per heavy atom. The van der Waals surface area contributed by atoms with E-state index >= 15 is 0 Å². The van der Waals surface area contributed by atoms with Gasteiger partial charge >= 0.3 is 0 Å². The maximum atomic E-state index is 11.6. The summed E-state index contributed by atoms with van der Waals surface area (Å²) >= 11 is 5.03. The van der Waals surface area contributed by atoms with Crippen LogP contribution >= 0.6 is 27.3 Å². The molecule has 0 aliphatic rings. The standard InChI is InChI=1S/C15H15BrN2OS/c1-10(2)7-14(19)18-15-17-9-12(20-15)8-11-5-3-4-6-13(11)16/h3-7,9H,8H2,1-2H3,(H,17,18,19). The van der Waals surface area contributed by atoms with E-state index in [0.717, 1.165) is 21.3 Å². The molecular weight excluding hydrogens is 336 g/mol. The lowest BCUT2D eigenvalue weighted by molar-refractivity contribution is -0.111. The van der Waals surface area contributed by atoms with Crippen LogP contribution in [-0.4, -0.2) is 10.9 Å². The number of hydrogen-bond acceptors (Lipinski definition) is 3. The number of halogens is 1. The van der Waals surface area contributed by atoms with Crippen molar-refractivity contribution in [3.05, 3.63) is 57.0 Å². The summed E-state index contributed by atoms with van der Waals surface area (Å²) in [5.74, 6) is -0.133. The number of rotatable bonds is 4. The zero-order valence-corrected chi connectivity index (χ0v) is 13.7. The second-order valence-electron chi connectivity index (χ2n) is 4.61. The van der Waals surface area contributed by atoms with E-state index in [1.165, 1.54) is 16.9 Å². The fraction of sp³-hybridized carbons (Fsp3) is 0.200. The molecule has 0 aliphatic heterocycles. The van der Waals surface area contributed by atoms with Crippen molar-refractivity contribution in [2.75, 3.05) is 5.32 Å². The molecule has 0 atom stereocenters. The van der Waals surface area contributed by atoms with Gasteiger partial charge in [-0.2, -0.15) is 0 Å². The van der Waals surface area contributed by atoms with Gasteiger partial charge in [0.05, 0.1) is 0 Å². The molecule has 1 amide bonds. The van der Waals surface area contributed by atoms with E-state index in [1.807, 2.05) is 38.2 Å². The van der Waals surface area contributed by atoms with Gasteiger partial charge in [-0.1, -0.05) is 39.7 Å². The van der Waals surface area contributed by atoms with E-state index in [2.05, 4.69) is 32.3 Å². The monoisotopic (exact) mass is 350 g/mol. The molecule has 104 valence electrons. The average Bonchev–Trinajstić information content (AvgIpc) is 2.78. The van der Waals surface area contributed by atoms with Crippen LogP contribution in [0.4, 0.5) is 5.13 Å². The number of anilines is 1. The van der Waals surface area contributed by atoms with Gasteiger partial charge in [-0.05, 0) is 25.5 Å². The Morgan fingerprint density at radius 3 is 2.85 bits per heavy atom. The van der Waals surface area contributed by atoms with Gasteiger partial charge in [0.2, 0.25) is 5.91 Å². The molecular formula is C15H15BrN2OS. The van der Waals surface area contributed by atoms with E-state index in [9.17, 15) is 4.79 Å². The predicted octanol–water partition coefficient (Wildman–Crippen LogP) is 4.40. The van der Waals surface area contributed by atoms with Crippen LogP contribution in [-0.2, 0) is 11.2 Å². The number of allylic oxidation sites excluding steroid dienone is 1. The van der Waals surface area contributed by atoms with Gasteiger partial charge in [-0.25, -0.2) is 4.98 Å². The van der Waals surface area contributed by atoms with Crippen LogP contribution in [0, 0.1) is 0 Å². The topological polar surface area (TPSA) is 42.0 Å². The molecule has 1 N–H and O–H groups in total. The molecule has 0 saturated carbocycles. The molecule has 3 nitrogen and oxygen atoms in total. The van der Waals surface area contributed by atoms with Crippen molar-refractivity contribution < 1.29 is 4.79 Å². The van der Waals surface area contributed by atoms with Gasteiger partial charge in [0.1, 0.15) is 0 Å². The van der Waals surface area contributed by atoms with Crippen LogP contribution in [0.3, 0.4) is 0 Å². The SMILES string of the molecule is CC(C)=CC(=O)Nc1ncc(Cc2ccccc2Br)s1. The maximum Gasteiger partial charge on any atom is 0.250 e. The lowest BCUT2D eigenvalue weighted by atomic mass is 10.1. The van der Waals surface area contributed by atoms with Crippen LogP contribution in [0.2, 0.25) is 0 Å². The van der Waals surface area contributed by atoms with E-state index in [1.54, 1.807) is 6.08 Å². The smallest absolute Gasteiger partial charge is 0.250 e. The number of thiazole rings is 1. The van der Waals surface area contributed by atoms with Crippen molar-refractivity contribution in [3.63, 3.8) is 0 Å². The summed E-state index contributed by atoms with van der Waals surface area (Å²) in [6, 6.07) is 8.10. The number of nitrogens with one attached hydrogen (secondary N) is 1. The van der Waals surface area contributed by atoms with Crippen LogP contribution in [0.25, 0.3) is 0 Å². The molecule has 20 heavy (non-hydrogen) atoms. The van der Waals surface area contributed by atoms with Gasteiger partial charge in [0.25, 0.3) is 0 Å². The molecule has 0 saturated heterocycles. The second-order valence-corrected chi connectivity index (χ2v) is 6.58. The highest BCUT2D eigenvalue weighted by atomic mass is 79.9. The van der Waals surface area contributed by atoms with E-state index in [0.29, 0.717) is 5.13 Å². The fourth-order valence-electron chi connectivity index (χ4n) is 1.68. The molecule has 1 heterocycles. The van der Waals surface area contributed by atoms with Crippen molar-refractivity contribution in [2.45, 2.75) is 20.3 Å². The van der Waals surface area contributed by atoms with E-state index in [4.69, 9.17) is 0 Å². The van der Waals surface area contributed by atoms with E-state index < -0.39 is 0 Å². The Labute approximate surface area is 130 Å². The first-order valence-corrected chi connectivity index (χ1v) is 7.79. The zero-order valence-electron chi connectivity index (χ0n) is 11.3. The Morgan fingerprint density at radius 2 is 2.15 bits per heavy atom. The van der Waals surface area contributed by atoms with Crippen LogP contribution in [0.15, 0.2) is 46.6 Å². The fourth-order valence-corrected chi connectivity index (χ4v) is 2.94. The number of carbonyl (C=O) groups excluding carboxylic acids is 1. The number of hydrogen-bond donors (Lipinski definition) is 1. The predicted molar refractivity (Wildman–Crippen MR) is 87.1 cm³/mol. The first-order valence-electron chi connectivity index (χ1n) is 6.18. The third kappa shape index (κ3) is 4.28. The summed E-state index contributed by atoms with van der Waals surface area (Å²) in [7, 11) is 0. The van der Waals surface area contributed by atoms with E-state index in [-0.39, 0.29) is 5.91 Å². The second kappa shape index (κ2) is 6.81. The number of carbonyl (C=O) groups is 1. The minimum absolute atomic E-state index is 0.133. The largest absolute Gasteiger partial charge is 0.298 e. The summed E-state index contributed by atoms with van der Waals surface area (Å²) in [5, 5.41) is 3.41. The molecule has 0 bridgehead atoms. The van der Waals surface area contributed by atoms with Crippen molar-refractivity contribution >= 4 is 38.3 Å². The average molecular weight is 351 g/mol. The molecule has 1 aromatic carbocycles. The molecule has 0 fully saturated rings. The maximum absolute atomic E-state index is 11.6.